The molecule has 0 aliphatic rings. The van der Waals surface area contributed by atoms with Crippen LogP contribution in [0, 0.1) is 26.6 Å². The van der Waals surface area contributed by atoms with Gasteiger partial charge in [0.15, 0.2) is 0 Å². The van der Waals surface area contributed by atoms with Crippen LogP contribution in [0.5, 0.6) is 0 Å². The number of rotatable bonds is 4. The van der Waals surface area contributed by atoms with Crippen molar-refractivity contribution in [3.05, 3.63) is 64.5 Å². The first-order valence-corrected chi connectivity index (χ1v) is 6.77. The minimum absolute atomic E-state index is 0.346. The highest BCUT2D eigenvalue weighted by Gasteiger charge is 2.20. The van der Waals surface area contributed by atoms with Crippen molar-refractivity contribution in [1.82, 2.24) is 0 Å². The van der Waals surface area contributed by atoms with Crippen LogP contribution in [0.4, 0.5) is 10.1 Å². The quantitative estimate of drug-likeness (QED) is 0.905. The molecule has 0 radical (unpaired) electrons. The van der Waals surface area contributed by atoms with Gasteiger partial charge in [-0.2, -0.15) is 0 Å². The van der Waals surface area contributed by atoms with Crippen molar-refractivity contribution in [1.29, 1.82) is 0 Å². The molecule has 2 aromatic carbocycles. The molecule has 4 heteroatoms. The Morgan fingerprint density at radius 2 is 1.90 bits per heavy atom. The van der Waals surface area contributed by atoms with Gasteiger partial charge in [-0.25, -0.2) is 4.39 Å². The molecule has 0 saturated heterocycles. The number of hydrogen-bond donors (Lipinski definition) is 2. The molecule has 21 heavy (non-hydrogen) atoms. The van der Waals surface area contributed by atoms with Gasteiger partial charge in [-0.1, -0.05) is 18.2 Å². The van der Waals surface area contributed by atoms with E-state index in [1.54, 1.807) is 13.0 Å². The van der Waals surface area contributed by atoms with Crippen LogP contribution in [0.2, 0.25) is 0 Å². The van der Waals surface area contributed by atoms with E-state index in [0.717, 1.165) is 22.3 Å². The van der Waals surface area contributed by atoms with E-state index >= 15 is 0 Å². The van der Waals surface area contributed by atoms with Gasteiger partial charge in [0.25, 0.3) is 0 Å². The number of nitrogens with two attached hydrogens (primary N) is 1. The standard InChI is InChI=1S/C17H19FN2O/c1-10-7-13(18)9-14(8-10)20-16(17(19)21)15-6-4-5-11(2)12(15)3/h4-9,16,20H,1-3H3,(H2,19,21). The molecular weight excluding hydrogens is 267 g/mol. The number of aryl methyl sites for hydroxylation is 2. The third-order valence-corrected chi connectivity index (χ3v) is 3.60. The van der Waals surface area contributed by atoms with Gasteiger partial charge in [-0.05, 0) is 61.2 Å². The molecule has 0 aromatic heterocycles. The Hall–Kier alpha value is -2.36. The van der Waals surface area contributed by atoms with Gasteiger partial charge in [0.1, 0.15) is 11.9 Å². The summed E-state index contributed by atoms with van der Waals surface area (Å²) < 4.78 is 13.5. The second-order valence-electron chi connectivity index (χ2n) is 5.29. The molecule has 0 fully saturated rings. The van der Waals surface area contributed by atoms with Gasteiger partial charge >= 0.3 is 0 Å². The van der Waals surface area contributed by atoms with E-state index in [0.29, 0.717) is 5.69 Å². The Labute approximate surface area is 124 Å². The van der Waals surface area contributed by atoms with E-state index < -0.39 is 11.9 Å². The van der Waals surface area contributed by atoms with Crippen LogP contribution in [0.25, 0.3) is 0 Å². The van der Waals surface area contributed by atoms with Crippen molar-refractivity contribution in [2.75, 3.05) is 5.32 Å². The highest BCUT2D eigenvalue weighted by atomic mass is 19.1. The third kappa shape index (κ3) is 3.40. The molecular formula is C17H19FN2O. The predicted molar refractivity (Wildman–Crippen MR) is 82.6 cm³/mol. The molecule has 1 amide bonds. The molecule has 2 rings (SSSR count). The Morgan fingerprint density at radius 3 is 2.52 bits per heavy atom. The Kier molecular flexibility index (Phi) is 4.26. The number of nitrogens with one attached hydrogen (secondary N) is 1. The number of carbonyl (C=O) groups is 1. The fourth-order valence-electron chi connectivity index (χ4n) is 2.37. The van der Waals surface area contributed by atoms with Crippen molar-refractivity contribution in [2.45, 2.75) is 26.8 Å². The first-order valence-electron chi connectivity index (χ1n) is 6.77. The molecule has 0 aliphatic heterocycles. The molecule has 0 spiro atoms. The number of primary amides is 1. The van der Waals surface area contributed by atoms with Crippen molar-refractivity contribution in [3.63, 3.8) is 0 Å². The molecule has 1 unspecified atom stereocenters. The molecule has 0 saturated carbocycles. The van der Waals surface area contributed by atoms with Gasteiger partial charge in [0, 0.05) is 5.69 Å². The molecule has 110 valence electrons. The number of carbonyl (C=O) groups excluding carboxylic acids is 1. The summed E-state index contributed by atoms with van der Waals surface area (Å²) in [5.74, 6) is -0.840. The normalized spacial score (nSPS) is 12.0. The summed E-state index contributed by atoms with van der Waals surface area (Å²) in [5.41, 5.74) is 9.73. The molecule has 0 bridgehead atoms. The van der Waals surface area contributed by atoms with Crippen molar-refractivity contribution >= 4 is 11.6 Å². The monoisotopic (exact) mass is 286 g/mol. The van der Waals surface area contributed by atoms with Gasteiger partial charge < -0.3 is 11.1 Å². The first kappa shape index (κ1) is 15.0. The molecule has 1 atom stereocenters. The number of anilines is 1. The van der Waals surface area contributed by atoms with Gasteiger partial charge in [-0.15, -0.1) is 0 Å². The van der Waals surface area contributed by atoms with Gasteiger partial charge in [-0.3, -0.25) is 4.79 Å². The highest BCUT2D eigenvalue weighted by molar-refractivity contribution is 5.85. The van der Waals surface area contributed by atoms with Crippen LogP contribution in [-0.2, 0) is 4.79 Å². The maximum Gasteiger partial charge on any atom is 0.244 e. The van der Waals surface area contributed by atoms with Crippen LogP contribution >= 0.6 is 0 Å². The lowest BCUT2D eigenvalue weighted by atomic mass is 9.96. The minimum atomic E-state index is -0.689. The summed E-state index contributed by atoms with van der Waals surface area (Å²) in [6.45, 7) is 5.72. The molecule has 3 N–H and O–H groups in total. The van der Waals surface area contributed by atoms with E-state index in [1.807, 2.05) is 32.0 Å². The molecule has 0 heterocycles. The number of amides is 1. The van der Waals surface area contributed by atoms with Gasteiger partial charge in [0.2, 0.25) is 5.91 Å². The average molecular weight is 286 g/mol. The lowest BCUT2D eigenvalue weighted by Crippen LogP contribution is -2.28. The first-order chi connectivity index (χ1) is 9.88. The highest BCUT2D eigenvalue weighted by Crippen LogP contribution is 2.25. The third-order valence-electron chi connectivity index (χ3n) is 3.60. The maximum atomic E-state index is 13.5. The van der Waals surface area contributed by atoms with Crippen LogP contribution in [0.1, 0.15) is 28.3 Å². The van der Waals surface area contributed by atoms with Crippen LogP contribution in [-0.4, -0.2) is 5.91 Å². The largest absolute Gasteiger partial charge is 0.370 e. The Bertz CT molecular complexity index is 662. The van der Waals surface area contributed by atoms with E-state index in [1.165, 1.54) is 12.1 Å². The van der Waals surface area contributed by atoms with Crippen molar-refractivity contribution < 1.29 is 9.18 Å². The predicted octanol–water partition coefficient (Wildman–Crippen LogP) is 3.39. The molecule has 2 aromatic rings. The van der Waals surface area contributed by atoms with E-state index in [4.69, 9.17) is 5.73 Å². The zero-order valence-corrected chi connectivity index (χ0v) is 12.4. The van der Waals surface area contributed by atoms with Gasteiger partial charge in [0.05, 0.1) is 0 Å². The van der Waals surface area contributed by atoms with Crippen LogP contribution in [0.3, 0.4) is 0 Å². The SMILES string of the molecule is Cc1cc(F)cc(NC(C(N)=O)c2cccc(C)c2C)c1. The van der Waals surface area contributed by atoms with Crippen LogP contribution < -0.4 is 11.1 Å². The summed E-state index contributed by atoms with van der Waals surface area (Å²) >= 11 is 0. The fraction of sp³-hybridized carbons (Fsp3) is 0.235. The zero-order valence-electron chi connectivity index (χ0n) is 12.4. The van der Waals surface area contributed by atoms with Crippen molar-refractivity contribution in [2.24, 2.45) is 5.73 Å². The summed E-state index contributed by atoms with van der Waals surface area (Å²) in [5, 5.41) is 3.03. The minimum Gasteiger partial charge on any atom is -0.370 e. The lowest BCUT2D eigenvalue weighted by molar-refractivity contribution is -0.118. The maximum absolute atomic E-state index is 13.5. The summed E-state index contributed by atoms with van der Waals surface area (Å²) in [4.78, 5) is 11.8. The second kappa shape index (κ2) is 5.95. The summed E-state index contributed by atoms with van der Waals surface area (Å²) in [6, 6.07) is 9.60. The van der Waals surface area contributed by atoms with Crippen LogP contribution in [0.15, 0.2) is 36.4 Å². The van der Waals surface area contributed by atoms with Crippen molar-refractivity contribution in [3.8, 4) is 0 Å². The smallest absolute Gasteiger partial charge is 0.244 e. The average Bonchev–Trinajstić information content (AvgIpc) is 2.38. The van der Waals surface area contributed by atoms with E-state index in [-0.39, 0.29) is 5.82 Å². The molecule has 3 nitrogen and oxygen atoms in total. The van der Waals surface area contributed by atoms with E-state index in [9.17, 15) is 9.18 Å². The Balaban J connectivity index is 2.40. The molecule has 0 aliphatic carbocycles. The number of hydrogen-bond acceptors (Lipinski definition) is 2. The topological polar surface area (TPSA) is 55.1 Å². The van der Waals surface area contributed by atoms with E-state index in [2.05, 4.69) is 5.32 Å². The summed E-state index contributed by atoms with van der Waals surface area (Å²) in [6.07, 6.45) is 0. The number of benzene rings is 2. The summed E-state index contributed by atoms with van der Waals surface area (Å²) in [7, 11) is 0. The second-order valence-corrected chi connectivity index (χ2v) is 5.29. The fourth-order valence-corrected chi connectivity index (χ4v) is 2.37. The number of halogens is 1. The Morgan fingerprint density at radius 1 is 1.19 bits per heavy atom. The lowest BCUT2D eigenvalue weighted by Gasteiger charge is -2.20. The zero-order chi connectivity index (χ0) is 15.6.